The van der Waals surface area contributed by atoms with Crippen molar-refractivity contribution in [2.24, 2.45) is 46.3 Å². The molecule has 0 aromatic carbocycles. The standard InChI is InChI=1S/C27H44O4/c1-16(6-5-7-17(2)25(30)31)20-8-9-21-24-22(11-13-27(20,21)4)26(3)12-10-19(28)14-18(26)15-23(24)29/h15-17,19-24,28-29H,5-14H2,1-4H3,(H,30,31)/t16?,17?,19?,20?,21?,22?,23?,24?,26-,27+/m0/s1. The van der Waals surface area contributed by atoms with Crippen LogP contribution < -0.4 is 0 Å². The quantitative estimate of drug-likeness (QED) is 0.490. The van der Waals surface area contributed by atoms with E-state index in [0.717, 1.165) is 38.5 Å². The van der Waals surface area contributed by atoms with Crippen LogP contribution in [0.25, 0.3) is 0 Å². The van der Waals surface area contributed by atoms with E-state index in [4.69, 9.17) is 5.11 Å². The lowest BCUT2D eigenvalue weighted by molar-refractivity contribution is -0.141. The van der Waals surface area contributed by atoms with Gasteiger partial charge in [-0.05, 0) is 91.8 Å². The molecule has 3 saturated carbocycles. The van der Waals surface area contributed by atoms with Crippen molar-refractivity contribution in [2.45, 2.75) is 104 Å². The van der Waals surface area contributed by atoms with Crippen LogP contribution in [0.4, 0.5) is 0 Å². The molecule has 0 aliphatic heterocycles. The van der Waals surface area contributed by atoms with Gasteiger partial charge in [0.2, 0.25) is 0 Å². The number of fused-ring (bicyclic) bond motifs is 5. The monoisotopic (exact) mass is 432 g/mol. The molecular formula is C27H44O4. The van der Waals surface area contributed by atoms with E-state index >= 15 is 0 Å². The van der Waals surface area contributed by atoms with Gasteiger partial charge < -0.3 is 15.3 Å². The van der Waals surface area contributed by atoms with E-state index < -0.39 is 5.97 Å². The average Bonchev–Trinajstić information content (AvgIpc) is 3.06. The van der Waals surface area contributed by atoms with Gasteiger partial charge in [0.15, 0.2) is 0 Å². The summed E-state index contributed by atoms with van der Waals surface area (Å²) in [5.74, 6) is 1.83. The second-order valence-corrected chi connectivity index (χ2v) is 12.2. The van der Waals surface area contributed by atoms with Crippen LogP contribution in [0.5, 0.6) is 0 Å². The highest BCUT2D eigenvalue weighted by Gasteiger charge is 2.61. The van der Waals surface area contributed by atoms with Gasteiger partial charge in [0.25, 0.3) is 0 Å². The zero-order valence-electron chi connectivity index (χ0n) is 20.0. The van der Waals surface area contributed by atoms with Crippen LogP contribution in [0.2, 0.25) is 0 Å². The Hall–Kier alpha value is -0.870. The summed E-state index contributed by atoms with van der Waals surface area (Å²) in [5, 5.41) is 30.6. The van der Waals surface area contributed by atoms with Crippen molar-refractivity contribution in [1.29, 1.82) is 0 Å². The van der Waals surface area contributed by atoms with Crippen molar-refractivity contribution in [3.8, 4) is 0 Å². The van der Waals surface area contributed by atoms with Crippen LogP contribution in [0, 0.1) is 46.3 Å². The molecule has 0 bridgehead atoms. The van der Waals surface area contributed by atoms with Gasteiger partial charge in [-0.2, -0.15) is 0 Å². The summed E-state index contributed by atoms with van der Waals surface area (Å²) in [6.45, 7) is 9.11. The molecule has 3 fully saturated rings. The van der Waals surface area contributed by atoms with Crippen LogP contribution in [-0.4, -0.2) is 33.5 Å². The Kier molecular flexibility index (Phi) is 6.37. The van der Waals surface area contributed by atoms with Crippen molar-refractivity contribution in [3.05, 3.63) is 11.6 Å². The van der Waals surface area contributed by atoms with Crippen molar-refractivity contribution in [3.63, 3.8) is 0 Å². The first-order valence-electron chi connectivity index (χ1n) is 12.9. The van der Waals surface area contributed by atoms with Crippen LogP contribution >= 0.6 is 0 Å². The molecule has 4 heteroatoms. The molecule has 176 valence electrons. The lowest BCUT2D eigenvalue weighted by atomic mass is 9.46. The number of carboxylic acids is 1. The van der Waals surface area contributed by atoms with Gasteiger partial charge in [-0.1, -0.05) is 52.2 Å². The van der Waals surface area contributed by atoms with Gasteiger partial charge in [0, 0.05) is 0 Å². The number of aliphatic hydroxyl groups excluding tert-OH is 2. The fourth-order valence-corrected chi connectivity index (χ4v) is 8.68. The van der Waals surface area contributed by atoms with Gasteiger partial charge in [0.1, 0.15) is 0 Å². The van der Waals surface area contributed by atoms with Gasteiger partial charge in [0.05, 0.1) is 18.1 Å². The lowest BCUT2D eigenvalue weighted by Crippen LogP contribution is -2.54. The first-order chi connectivity index (χ1) is 14.6. The third-order valence-corrected chi connectivity index (χ3v) is 10.6. The number of hydrogen-bond donors (Lipinski definition) is 3. The van der Waals surface area contributed by atoms with Crippen molar-refractivity contribution < 1.29 is 20.1 Å². The molecule has 4 rings (SSSR count). The van der Waals surface area contributed by atoms with Gasteiger partial charge in [-0.3, -0.25) is 4.79 Å². The van der Waals surface area contributed by atoms with E-state index in [0.29, 0.717) is 29.6 Å². The predicted octanol–water partition coefficient (Wildman–Crippen LogP) is 5.42. The van der Waals surface area contributed by atoms with Crippen LogP contribution in [0.3, 0.4) is 0 Å². The molecule has 31 heavy (non-hydrogen) atoms. The molecule has 10 atom stereocenters. The summed E-state index contributed by atoms with van der Waals surface area (Å²) in [4.78, 5) is 11.1. The number of aliphatic hydroxyl groups is 2. The summed E-state index contributed by atoms with van der Waals surface area (Å²) in [7, 11) is 0. The fraction of sp³-hybridized carbons (Fsp3) is 0.889. The molecule has 0 amide bonds. The number of aliphatic carboxylic acids is 1. The Bertz CT molecular complexity index is 716. The molecule has 0 saturated heterocycles. The molecule has 0 heterocycles. The number of carbonyl (C=O) groups is 1. The summed E-state index contributed by atoms with van der Waals surface area (Å²) in [5.41, 5.74) is 1.76. The molecule has 8 unspecified atom stereocenters. The smallest absolute Gasteiger partial charge is 0.306 e. The van der Waals surface area contributed by atoms with E-state index in [1.807, 2.05) is 6.92 Å². The summed E-state index contributed by atoms with van der Waals surface area (Å²) < 4.78 is 0. The number of carboxylic acid groups (broad SMARTS) is 1. The second kappa shape index (κ2) is 8.48. The molecule has 4 aliphatic carbocycles. The van der Waals surface area contributed by atoms with Gasteiger partial charge in [-0.25, -0.2) is 0 Å². The Balaban J connectivity index is 1.48. The van der Waals surface area contributed by atoms with E-state index in [1.165, 1.54) is 31.3 Å². The first kappa shape index (κ1) is 23.3. The maximum Gasteiger partial charge on any atom is 0.306 e. The maximum atomic E-state index is 11.3. The van der Waals surface area contributed by atoms with Crippen molar-refractivity contribution >= 4 is 5.97 Å². The minimum atomic E-state index is -0.679. The zero-order valence-corrected chi connectivity index (χ0v) is 20.0. The molecule has 0 spiro atoms. The first-order valence-corrected chi connectivity index (χ1v) is 12.9. The maximum absolute atomic E-state index is 11.3. The summed E-state index contributed by atoms with van der Waals surface area (Å²) in [6, 6.07) is 0. The topological polar surface area (TPSA) is 77.8 Å². The predicted molar refractivity (Wildman–Crippen MR) is 122 cm³/mol. The second-order valence-electron chi connectivity index (χ2n) is 12.2. The lowest BCUT2D eigenvalue weighted by Gasteiger charge is -2.59. The van der Waals surface area contributed by atoms with Crippen LogP contribution in [-0.2, 0) is 4.79 Å². The normalized spacial score (nSPS) is 46.3. The minimum Gasteiger partial charge on any atom is -0.481 e. The molecular weight excluding hydrogens is 388 g/mol. The fourth-order valence-electron chi connectivity index (χ4n) is 8.68. The van der Waals surface area contributed by atoms with E-state index in [9.17, 15) is 15.0 Å². The van der Waals surface area contributed by atoms with Crippen molar-refractivity contribution in [2.75, 3.05) is 0 Å². The summed E-state index contributed by atoms with van der Waals surface area (Å²) in [6.07, 6.45) is 12.0. The Morgan fingerprint density at radius 3 is 2.52 bits per heavy atom. The Labute approximate surface area is 188 Å². The third-order valence-electron chi connectivity index (χ3n) is 10.6. The van der Waals surface area contributed by atoms with Gasteiger partial charge in [-0.15, -0.1) is 0 Å². The highest BCUT2D eigenvalue weighted by atomic mass is 16.4. The molecule has 0 aromatic heterocycles. The molecule has 0 radical (unpaired) electrons. The third kappa shape index (κ3) is 3.90. The van der Waals surface area contributed by atoms with E-state index in [2.05, 4.69) is 26.8 Å². The molecule has 4 aliphatic rings. The largest absolute Gasteiger partial charge is 0.481 e. The van der Waals surface area contributed by atoms with Crippen LogP contribution in [0.15, 0.2) is 11.6 Å². The highest BCUT2D eigenvalue weighted by Crippen LogP contribution is 2.67. The SMILES string of the molecule is CC(CCCC(C)C1CCC2C3C(O)C=C4CC(O)CC[C@]4(C)C3CC[C@]12C)C(=O)O. The van der Waals surface area contributed by atoms with Gasteiger partial charge >= 0.3 is 5.97 Å². The molecule has 3 N–H and O–H groups in total. The number of rotatable bonds is 6. The van der Waals surface area contributed by atoms with Crippen LogP contribution in [0.1, 0.15) is 91.9 Å². The number of hydrogen-bond acceptors (Lipinski definition) is 3. The van der Waals surface area contributed by atoms with Crippen molar-refractivity contribution in [1.82, 2.24) is 0 Å². The minimum absolute atomic E-state index is 0.154. The van der Waals surface area contributed by atoms with E-state index in [1.54, 1.807) is 0 Å². The Morgan fingerprint density at radius 2 is 1.81 bits per heavy atom. The van der Waals surface area contributed by atoms with E-state index in [-0.39, 0.29) is 29.0 Å². The molecule has 4 nitrogen and oxygen atoms in total. The Morgan fingerprint density at radius 1 is 1.06 bits per heavy atom. The highest BCUT2D eigenvalue weighted by molar-refractivity contribution is 5.69. The summed E-state index contributed by atoms with van der Waals surface area (Å²) >= 11 is 0. The average molecular weight is 433 g/mol. The molecule has 0 aromatic rings. The zero-order chi connectivity index (χ0) is 22.6.